The number of nitrogen functional groups attached to an aromatic ring is 1. The van der Waals surface area contributed by atoms with Crippen molar-refractivity contribution in [1.82, 2.24) is 4.37 Å². The molecular formula is C10H19N3O3S2. The molecule has 0 aliphatic carbocycles. The number of hydrogen-bond donors (Lipinski definition) is 2. The lowest BCUT2D eigenvalue weighted by Crippen LogP contribution is -2.11. The van der Waals surface area contributed by atoms with Crippen LogP contribution in [0.4, 0.5) is 10.8 Å². The van der Waals surface area contributed by atoms with E-state index in [1.54, 1.807) is 0 Å². The van der Waals surface area contributed by atoms with Crippen LogP contribution >= 0.6 is 11.5 Å². The molecule has 18 heavy (non-hydrogen) atoms. The van der Waals surface area contributed by atoms with Crippen molar-refractivity contribution in [2.75, 3.05) is 37.1 Å². The lowest BCUT2D eigenvalue weighted by Gasteiger charge is -2.06. The summed E-state index contributed by atoms with van der Waals surface area (Å²) < 4.78 is 32.3. The minimum absolute atomic E-state index is 0.0527. The van der Waals surface area contributed by atoms with Crippen molar-refractivity contribution in [3.05, 3.63) is 0 Å². The molecule has 8 heteroatoms. The van der Waals surface area contributed by atoms with Gasteiger partial charge in [0.05, 0.1) is 6.61 Å². The second-order valence-corrected chi connectivity index (χ2v) is 6.62. The Balaban J connectivity index is 2.49. The summed E-state index contributed by atoms with van der Waals surface area (Å²) in [6, 6.07) is 0. The van der Waals surface area contributed by atoms with Gasteiger partial charge in [0, 0.05) is 19.4 Å². The van der Waals surface area contributed by atoms with E-state index < -0.39 is 9.84 Å². The molecule has 0 fully saturated rings. The number of nitrogens with two attached hydrogens (primary N) is 1. The van der Waals surface area contributed by atoms with Gasteiger partial charge in [0.25, 0.3) is 0 Å². The maximum Gasteiger partial charge on any atom is 0.182 e. The smallest absolute Gasteiger partial charge is 0.182 e. The van der Waals surface area contributed by atoms with E-state index in [1.165, 1.54) is 0 Å². The fourth-order valence-corrected chi connectivity index (χ4v) is 3.44. The first-order valence-corrected chi connectivity index (χ1v) is 8.40. The standard InChI is InChI=1S/C10H19N3O3S2/c1-3-4-6-16-7-5-12-10-8(18(2,14)15)9(11)13-17-10/h12H,3-7H2,1-2H3,(H2,11,13). The van der Waals surface area contributed by atoms with Gasteiger partial charge in [-0.15, -0.1) is 0 Å². The summed E-state index contributed by atoms with van der Waals surface area (Å²) in [6.07, 6.45) is 3.25. The van der Waals surface area contributed by atoms with Gasteiger partial charge in [0.1, 0.15) is 9.90 Å². The third kappa shape index (κ3) is 4.43. The van der Waals surface area contributed by atoms with Crippen LogP contribution in [0.1, 0.15) is 19.8 Å². The van der Waals surface area contributed by atoms with Crippen molar-refractivity contribution in [3.63, 3.8) is 0 Å². The van der Waals surface area contributed by atoms with Crippen molar-refractivity contribution in [1.29, 1.82) is 0 Å². The van der Waals surface area contributed by atoms with Crippen molar-refractivity contribution < 1.29 is 13.2 Å². The molecule has 1 heterocycles. The SMILES string of the molecule is CCCCOCCNc1snc(N)c1S(C)(=O)=O. The van der Waals surface area contributed by atoms with Gasteiger partial charge >= 0.3 is 0 Å². The van der Waals surface area contributed by atoms with Gasteiger partial charge in [-0.05, 0) is 18.0 Å². The Morgan fingerprint density at radius 2 is 2.17 bits per heavy atom. The molecule has 0 aliphatic rings. The number of nitrogens with one attached hydrogen (secondary N) is 1. The predicted molar refractivity (Wildman–Crippen MR) is 73.9 cm³/mol. The highest BCUT2D eigenvalue weighted by molar-refractivity contribution is 7.91. The Morgan fingerprint density at radius 3 is 2.78 bits per heavy atom. The number of aromatic nitrogens is 1. The third-order valence-electron chi connectivity index (χ3n) is 2.22. The molecule has 104 valence electrons. The van der Waals surface area contributed by atoms with Gasteiger partial charge < -0.3 is 15.8 Å². The molecule has 0 aromatic carbocycles. The fraction of sp³-hybridized carbons (Fsp3) is 0.700. The molecule has 0 aliphatic heterocycles. The van der Waals surface area contributed by atoms with E-state index in [0.29, 0.717) is 18.2 Å². The van der Waals surface area contributed by atoms with Gasteiger partial charge in [-0.3, -0.25) is 0 Å². The normalized spacial score (nSPS) is 11.7. The van der Waals surface area contributed by atoms with Crippen LogP contribution < -0.4 is 11.1 Å². The Morgan fingerprint density at radius 1 is 1.44 bits per heavy atom. The van der Waals surface area contributed by atoms with Gasteiger partial charge in [-0.25, -0.2) is 8.42 Å². The number of unbranched alkanes of at least 4 members (excludes halogenated alkanes) is 1. The number of hydrogen-bond acceptors (Lipinski definition) is 7. The highest BCUT2D eigenvalue weighted by atomic mass is 32.2. The Kier molecular flexibility index (Phi) is 5.83. The van der Waals surface area contributed by atoms with Gasteiger partial charge in [0.2, 0.25) is 0 Å². The minimum atomic E-state index is -3.35. The van der Waals surface area contributed by atoms with Crippen molar-refractivity contribution in [2.45, 2.75) is 24.7 Å². The molecule has 3 N–H and O–H groups in total. The predicted octanol–water partition coefficient (Wildman–Crippen LogP) is 1.36. The van der Waals surface area contributed by atoms with E-state index in [-0.39, 0.29) is 10.7 Å². The Labute approximate surface area is 112 Å². The molecule has 0 saturated carbocycles. The highest BCUT2D eigenvalue weighted by Gasteiger charge is 2.20. The Bertz CT molecular complexity index is 471. The van der Waals surface area contributed by atoms with Gasteiger partial charge in [-0.1, -0.05) is 13.3 Å². The van der Waals surface area contributed by atoms with Crippen LogP contribution in [0.2, 0.25) is 0 Å². The zero-order chi connectivity index (χ0) is 13.6. The van der Waals surface area contributed by atoms with E-state index in [2.05, 4.69) is 16.6 Å². The summed E-state index contributed by atoms with van der Waals surface area (Å²) >= 11 is 1.05. The van der Waals surface area contributed by atoms with Crippen LogP contribution in [-0.2, 0) is 14.6 Å². The summed E-state index contributed by atoms with van der Waals surface area (Å²) in [5.74, 6) is 0.0527. The second kappa shape index (κ2) is 6.91. The molecule has 0 bridgehead atoms. The summed E-state index contributed by atoms with van der Waals surface area (Å²) in [4.78, 5) is 0.0843. The monoisotopic (exact) mass is 293 g/mol. The average Bonchev–Trinajstić information content (AvgIpc) is 2.64. The molecule has 6 nitrogen and oxygen atoms in total. The van der Waals surface area contributed by atoms with Gasteiger partial charge in [0.15, 0.2) is 15.7 Å². The maximum atomic E-state index is 11.5. The lowest BCUT2D eigenvalue weighted by atomic mass is 10.4. The zero-order valence-electron chi connectivity index (χ0n) is 10.6. The first kappa shape index (κ1) is 15.2. The average molecular weight is 293 g/mol. The van der Waals surface area contributed by atoms with Crippen LogP contribution in [0.3, 0.4) is 0 Å². The van der Waals surface area contributed by atoms with Gasteiger partial charge in [-0.2, -0.15) is 4.37 Å². The van der Waals surface area contributed by atoms with E-state index in [9.17, 15) is 8.42 Å². The zero-order valence-corrected chi connectivity index (χ0v) is 12.2. The quantitative estimate of drug-likeness (QED) is 0.703. The first-order valence-electron chi connectivity index (χ1n) is 5.73. The molecule has 1 aromatic rings. The first-order chi connectivity index (χ1) is 8.46. The molecule has 0 atom stereocenters. The molecule has 1 aromatic heterocycles. The van der Waals surface area contributed by atoms with E-state index in [1.807, 2.05) is 0 Å². The molecular weight excluding hydrogens is 274 g/mol. The number of rotatable bonds is 8. The van der Waals surface area contributed by atoms with Crippen molar-refractivity contribution in [3.8, 4) is 0 Å². The number of sulfone groups is 1. The summed E-state index contributed by atoms with van der Waals surface area (Å²) in [6.45, 7) is 3.89. The molecule has 0 unspecified atom stereocenters. The van der Waals surface area contributed by atoms with Crippen LogP contribution in [-0.4, -0.2) is 38.8 Å². The topological polar surface area (TPSA) is 94.3 Å². The lowest BCUT2D eigenvalue weighted by molar-refractivity contribution is 0.141. The largest absolute Gasteiger partial charge is 0.382 e. The summed E-state index contributed by atoms with van der Waals surface area (Å²) in [5.41, 5.74) is 5.55. The van der Waals surface area contributed by atoms with E-state index in [0.717, 1.165) is 37.2 Å². The molecule has 0 saturated heterocycles. The minimum Gasteiger partial charge on any atom is -0.382 e. The summed E-state index contributed by atoms with van der Waals surface area (Å²) in [7, 11) is -3.35. The van der Waals surface area contributed by atoms with Crippen molar-refractivity contribution >= 4 is 32.2 Å². The van der Waals surface area contributed by atoms with E-state index >= 15 is 0 Å². The van der Waals surface area contributed by atoms with Crippen molar-refractivity contribution in [2.24, 2.45) is 0 Å². The fourth-order valence-electron chi connectivity index (χ4n) is 1.35. The molecule has 0 amide bonds. The molecule has 0 spiro atoms. The highest BCUT2D eigenvalue weighted by Crippen LogP contribution is 2.30. The van der Waals surface area contributed by atoms with Crippen LogP contribution in [0.15, 0.2) is 4.90 Å². The van der Waals surface area contributed by atoms with Crippen LogP contribution in [0.5, 0.6) is 0 Å². The third-order valence-corrected chi connectivity index (χ3v) is 4.32. The van der Waals surface area contributed by atoms with Crippen LogP contribution in [0, 0.1) is 0 Å². The van der Waals surface area contributed by atoms with E-state index in [4.69, 9.17) is 10.5 Å². The second-order valence-electron chi connectivity index (χ2n) is 3.89. The maximum absolute atomic E-state index is 11.5. The van der Waals surface area contributed by atoms with Crippen LogP contribution in [0.25, 0.3) is 0 Å². The number of nitrogens with zero attached hydrogens (tertiary/aromatic N) is 1. The molecule has 1 rings (SSSR count). The molecule has 0 radical (unpaired) electrons. The Hall–Kier alpha value is -0.860. The summed E-state index contributed by atoms with van der Waals surface area (Å²) in [5, 5.41) is 3.47. The number of ether oxygens (including phenoxy) is 1. The number of anilines is 2.